The molecule has 0 aliphatic rings. The van der Waals surface area contributed by atoms with Crippen molar-refractivity contribution in [2.24, 2.45) is 5.73 Å². The fraction of sp³-hybridized carbons (Fsp3) is 0.455. The summed E-state index contributed by atoms with van der Waals surface area (Å²) in [5, 5.41) is 9.96. The molecule has 0 aliphatic heterocycles. The van der Waals surface area contributed by atoms with Crippen LogP contribution in [0.3, 0.4) is 0 Å². The van der Waals surface area contributed by atoms with Crippen LogP contribution in [0.25, 0.3) is 0 Å². The van der Waals surface area contributed by atoms with Gasteiger partial charge >= 0.3 is 0 Å². The molecule has 0 fully saturated rings. The molecule has 84 valence electrons. The third-order valence-corrected chi connectivity index (χ3v) is 3.04. The number of aliphatic hydroxyl groups is 1. The summed E-state index contributed by atoms with van der Waals surface area (Å²) in [5.74, 6) is -0.295. The zero-order chi connectivity index (χ0) is 11.5. The molecule has 1 aromatic carbocycles. The number of hydrogen-bond donors (Lipinski definition) is 2. The minimum absolute atomic E-state index is 0.295. The Bertz CT molecular complexity index is 341. The van der Waals surface area contributed by atoms with Crippen molar-refractivity contribution in [3.8, 4) is 0 Å². The molecule has 4 heteroatoms. The monoisotopic (exact) mass is 275 g/mol. The molecular weight excluding hydrogens is 261 g/mol. The van der Waals surface area contributed by atoms with E-state index in [0.717, 1.165) is 10.0 Å². The fourth-order valence-electron chi connectivity index (χ4n) is 1.49. The normalized spacial score (nSPS) is 15.0. The highest BCUT2D eigenvalue weighted by molar-refractivity contribution is 9.10. The molecule has 0 spiro atoms. The van der Waals surface area contributed by atoms with Crippen LogP contribution < -0.4 is 5.73 Å². The minimum atomic E-state index is -0.884. The maximum Gasteiger partial charge on any atom is 0.123 e. The van der Waals surface area contributed by atoms with Crippen molar-refractivity contribution in [1.29, 1.82) is 0 Å². The van der Waals surface area contributed by atoms with Crippen LogP contribution in [0.4, 0.5) is 4.39 Å². The van der Waals surface area contributed by atoms with Gasteiger partial charge in [0, 0.05) is 10.9 Å². The molecule has 0 aromatic heterocycles. The van der Waals surface area contributed by atoms with E-state index in [2.05, 4.69) is 15.9 Å². The highest BCUT2D eigenvalue weighted by atomic mass is 79.9. The molecule has 1 aromatic rings. The quantitative estimate of drug-likeness (QED) is 0.885. The van der Waals surface area contributed by atoms with E-state index in [1.54, 1.807) is 13.0 Å². The average molecular weight is 276 g/mol. The molecule has 1 unspecified atom stereocenters. The summed E-state index contributed by atoms with van der Waals surface area (Å²) in [6, 6.07) is 4.45. The van der Waals surface area contributed by atoms with Gasteiger partial charge in [-0.25, -0.2) is 4.39 Å². The van der Waals surface area contributed by atoms with Crippen LogP contribution in [0.15, 0.2) is 22.7 Å². The molecule has 0 radical (unpaired) electrons. The SMILES string of the molecule is CC(O)(CCN)Cc1cc(F)ccc1Br. The Kier molecular flexibility index (Phi) is 4.25. The van der Waals surface area contributed by atoms with Gasteiger partial charge in [-0.15, -0.1) is 0 Å². The molecule has 0 aliphatic carbocycles. The largest absolute Gasteiger partial charge is 0.390 e. The van der Waals surface area contributed by atoms with Crippen LogP contribution in [0, 0.1) is 5.82 Å². The lowest BCUT2D eigenvalue weighted by molar-refractivity contribution is 0.0537. The van der Waals surface area contributed by atoms with Crippen molar-refractivity contribution in [1.82, 2.24) is 0 Å². The Balaban J connectivity index is 2.83. The average Bonchev–Trinajstić information content (AvgIpc) is 2.10. The van der Waals surface area contributed by atoms with Gasteiger partial charge in [0.2, 0.25) is 0 Å². The Morgan fingerprint density at radius 1 is 1.53 bits per heavy atom. The van der Waals surface area contributed by atoms with Gasteiger partial charge in [-0.05, 0) is 43.7 Å². The van der Waals surface area contributed by atoms with Crippen molar-refractivity contribution in [2.45, 2.75) is 25.4 Å². The predicted molar refractivity (Wildman–Crippen MR) is 62.1 cm³/mol. The summed E-state index contributed by atoms with van der Waals surface area (Å²) >= 11 is 3.33. The zero-order valence-corrected chi connectivity index (χ0v) is 10.2. The van der Waals surface area contributed by atoms with Gasteiger partial charge < -0.3 is 10.8 Å². The van der Waals surface area contributed by atoms with Crippen LogP contribution in [0.2, 0.25) is 0 Å². The summed E-state index contributed by atoms with van der Waals surface area (Å²) in [6.45, 7) is 2.12. The highest BCUT2D eigenvalue weighted by Gasteiger charge is 2.21. The molecule has 3 N–H and O–H groups in total. The van der Waals surface area contributed by atoms with E-state index in [9.17, 15) is 9.50 Å². The van der Waals surface area contributed by atoms with Gasteiger partial charge in [0.15, 0.2) is 0 Å². The second kappa shape index (κ2) is 5.05. The number of halogens is 2. The van der Waals surface area contributed by atoms with Crippen LogP contribution in [0.5, 0.6) is 0 Å². The van der Waals surface area contributed by atoms with Crippen LogP contribution in [0.1, 0.15) is 18.9 Å². The lowest BCUT2D eigenvalue weighted by Gasteiger charge is -2.23. The molecule has 0 heterocycles. The Labute approximate surface area is 97.4 Å². The first-order valence-corrected chi connectivity index (χ1v) is 5.60. The molecule has 0 saturated carbocycles. The summed E-state index contributed by atoms with van der Waals surface area (Å²) < 4.78 is 13.8. The van der Waals surface area contributed by atoms with E-state index in [1.807, 2.05) is 0 Å². The zero-order valence-electron chi connectivity index (χ0n) is 8.63. The van der Waals surface area contributed by atoms with E-state index in [1.165, 1.54) is 12.1 Å². The number of nitrogens with two attached hydrogens (primary N) is 1. The van der Waals surface area contributed by atoms with Crippen molar-refractivity contribution in [3.63, 3.8) is 0 Å². The third-order valence-electron chi connectivity index (χ3n) is 2.26. The highest BCUT2D eigenvalue weighted by Crippen LogP contribution is 2.24. The van der Waals surface area contributed by atoms with E-state index in [-0.39, 0.29) is 5.82 Å². The first kappa shape index (κ1) is 12.6. The Hall–Kier alpha value is -0.450. The van der Waals surface area contributed by atoms with Gasteiger partial charge in [0.25, 0.3) is 0 Å². The first-order chi connectivity index (χ1) is 6.94. The molecule has 1 rings (SSSR count). The van der Waals surface area contributed by atoms with Crippen LogP contribution in [-0.4, -0.2) is 17.3 Å². The van der Waals surface area contributed by atoms with E-state index in [4.69, 9.17) is 5.73 Å². The molecule has 0 saturated heterocycles. The van der Waals surface area contributed by atoms with Crippen molar-refractivity contribution >= 4 is 15.9 Å². The topological polar surface area (TPSA) is 46.2 Å². The molecule has 0 amide bonds. The molecule has 0 bridgehead atoms. The summed E-state index contributed by atoms with van der Waals surface area (Å²) in [4.78, 5) is 0. The molecule has 2 nitrogen and oxygen atoms in total. The standard InChI is InChI=1S/C11H15BrFNO/c1-11(15,4-5-14)7-8-6-9(13)2-3-10(8)12/h2-3,6,15H,4-5,7,14H2,1H3. The predicted octanol–water partition coefficient (Wildman–Crippen LogP) is 2.23. The van der Waals surface area contributed by atoms with Gasteiger partial charge in [-0.3, -0.25) is 0 Å². The smallest absolute Gasteiger partial charge is 0.123 e. The first-order valence-electron chi connectivity index (χ1n) is 4.81. The Morgan fingerprint density at radius 3 is 2.80 bits per heavy atom. The number of rotatable bonds is 4. The second-order valence-electron chi connectivity index (χ2n) is 3.95. The second-order valence-corrected chi connectivity index (χ2v) is 4.80. The van der Waals surface area contributed by atoms with E-state index in [0.29, 0.717) is 19.4 Å². The number of hydrogen-bond acceptors (Lipinski definition) is 2. The lowest BCUT2D eigenvalue weighted by atomic mass is 9.93. The van der Waals surface area contributed by atoms with Gasteiger partial charge in [0.05, 0.1) is 5.60 Å². The van der Waals surface area contributed by atoms with Crippen molar-refractivity contribution < 1.29 is 9.50 Å². The minimum Gasteiger partial charge on any atom is -0.390 e. The molecule has 15 heavy (non-hydrogen) atoms. The van der Waals surface area contributed by atoms with Gasteiger partial charge in [-0.1, -0.05) is 15.9 Å². The summed E-state index contributed by atoms with van der Waals surface area (Å²) in [5.41, 5.74) is 5.26. The van der Waals surface area contributed by atoms with E-state index < -0.39 is 5.60 Å². The maximum absolute atomic E-state index is 13.0. The summed E-state index contributed by atoms with van der Waals surface area (Å²) in [6.07, 6.45) is 0.887. The molecule has 1 atom stereocenters. The van der Waals surface area contributed by atoms with Gasteiger partial charge in [-0.2, -0.15) is 0 Å². The van der Waals surface area contributed by atoms with Crippen LogP contribution >= 0.6 is 15.9 Å². The fourth-order valence-corrected chi connectivity index (χ4v) is 1.88. The maximum atomic E-state index is 13.0. The lowest BCUT2D eigenvalue weighted by Crippen LogP contribution is -2.30. The van der Waals surface area contributed by atoms with E-state index >= 15 is 0 Å². The molecular formula is C11H15BrFNO. The van der Waals surface area contributed by atoms with Crippen LogP contribution in [-0.2, 0) is 6.42 Å². The number of benzene rings is 1. The third kappa shape index (κ3) is 3.89. The Morgan fingerprint density at radius 2 is 2.20 bits per heavy atom. The van der Waals surface area contributed by atoms with Gasteiger partial charge in [0.1, 0.15) is 5.82 Å². The summed E-state index contributed by atoms with van der Waals surface area (Å²) in [7, 11) is 0. The van der Waals surface area contributed by atoms with Crippen molar-refractivity contribution in [2.75, 3.05) is 6.54 Å². The van der Waals surface area contributed by atoms with Crippen molar-refractivity contribution in [3.05, 3.63) is 34.1 Å².